The number of piperidine rings is 1. The van der Waals surface area contributed by atoms with Crippen LogP contribution in [0.1, 0.15) is 12.8 Å². The molecule has 2 fully saturated rings. The highest BCUT2D eigenvalue weighted by molar-refractivity contribution is 5.57. The Labute approximate surface area is 84.4 Å². The Kier molecular flexibility index (Phi) is 3.50. The van der Waals surface area contributed by atoms with Gasteiger partial charge in [-0.3, -0.25) is 0 Å². The molecule has 14 heavy (non-hydrogen) atoms. The molecule has 2 rings (SSSR count). The van der Waals surface area contributed by atoms with E-state index in [1.165, 1.54) is 0 Å². The number of ether oxygens (including phenoxy) is 1. The third-order valence-electron chi connectivity index (χ3n) is 3.17. The predicted octanol–water partition coefficient (Wildman–Crippen LogP) is -0.458. The van der Waals surface area contributed by atoms with Crippen molar-refractivity contribution in [1.82, 2.24) is 10.6 Å². The number of carbonyl (C=O) groups excluding carboxylic acids is 1. The minimum atomic E-state index is -0.230. The molecule has 0 saturated carbocycles. The summed E-state index contributed by atoms with van der Waals surface area (Å²) in [5.41, 5.74) is 0. The molecular weight excluding hydrogens is 180 g/mol. The molecule has 2 N–H and O–H groups in total. The highest BCUT2D eigenvalue weighted by Gasteiger charge is 2.32. The standard InChI is InChI=1S/C10H18N2O2/c13-7-9-10(12-5-6-14-9)8-1-3-11-4-2-8/h7-12H,1-6H2. The summed E-state index contributed by atoms with van der Waals surface area (Å²) in [4.78, 5) is 10.8. The zero-order chi connectivity index (χ0) is 9.80. The van der Waals surface area contributed by atoms with E-state index in [9.17, 15) is 4.79 Å². The maximum absolute atomic E-state index is 10.8. The van der Waals surface area contributed by atoms with Crippen molar-refractivity contribution in [2.75, 3.05) is 26.2 Å². The minimum Gasteiger partial charge on any atom is -0.368 e. The number of rotatable bonds is 2. The lowest BCUT2D eigenvalue weighted by atomic mass is 9.86. The van der Waals surface area contributed by atoms with Crippen molar-refractivity contribution in [3.8, 4) is 0 Å². The number of morpholine rings is 1. The molecule has 0 spiro atoms. The Bertz CT molecular complexity index is 193. The van der Waals surface area contributed by atoms with Gasteiger partial charge in [0.2, 0.25) is 0 Å². The molecule has 80 valence electrons. The highest BCUT2D eigenvalue weighted by Crippen LogP contribution is 2.21. The second kappa shape index (κ2) is 4.87. The van der Waals surface area contributed by atoms with Crippen molar-refractivity contribution in [1.29, 1.82) is 0 Å². The lowest BCUT2D eigenvalue weighted by Crippen LogP contribution is -2.54. The first-order valence-corrected chi connectivity index (χ1v) is 5.43. The fourth-order valence-corrected chi connectivity index (χ4v) is 2.40. The number of aldehydes is 1. The number of hydrogen-bond donors (Lipinski definition) is 2. The van der Waals surface area contributed by atoms with Crippen LogP contribution in [0.2, 0.25) is 0 Å². The monoisotopic (exact) mass is 198 g/mol. The van der Waals surface area contributed by atoms with E-state index < -0.39 is 0 Å². The van der Waals surface area contributed by atoms with Gasteiger partial charge in [-0.15, -0.1) is 0 Å². The van der Waals surface area contributed by atoms with Gasteiger partial charge in [-0.2, -0.15) is 0 Å². The summed E-state index contributed by atoms with van der Waals surface area (Å²) in [6, 6.07) is 0.239. The van der Waals surface area contributed by atoms with Crippen LogP contribution in [0.15, 0.2) is 0 Å². The molecule has 4 heteroatoms. The third kappa shape index (κ3) is 2.13. The van der Waals surface area contributed by atoms with Crippen LogP contribution in [-0.4, -0.2) is 44.7 Å². The Hall–Kier alpha value is -0.450. The average Bonchev–Trinajstić information content (AvgIpc) is 2.30. The largest absolute Gasteiger partial charge is 0.368 e. The molecule has 2 aliphatic heterocycles. The second-order valence-electron chi connectivity index (χ2n) is 4.04. The summed E-state index contributed by atoms with van der Waals surface area (Å²) in [7, 11) is 0. The molecule has 2 unspecified atom stereocenters. The molecule has 0 aromatic heterocycles. The zero-order valence-electron chi connectivity index (χ0n) is 8.37. The van der Waals surface area contributed by atoms with Crippen LogP contribution in [0.5, 0.6) is 0 Å². The summed E-state index contributed by atoms with van der Waals surface area (Å²) in [5.74, 6) is 0.590. The highest BCUT2D eigenvalue weighted by atomic mass is 16.5. The second-order valence-corrected chi connectivity index (χ2v) is 4.04. The van der Waals surface area contributed by atoms with Crippen molar-refractivity contribution in [2.24, 2.45) is 5.92 Å². The van der Waals surface area contributed by atoms with Crippen LogP contribution in [0, 0.1) is 5.92 Å². The lowest BCUT2D eigenvalue weighted by Gasteiger charge is -2.37. The Morgan fingerprint density at radius 1 is 1.21 bits per heavy atom. The van der Waals surface area contributed by atoms with Crippen LogP contribution in [0.4, 0.5) is 0 Å². The number of nitrogens with one attached hydrogen (secondary N) is 2. The van der Waals surface area contributed by atoms with E-state index in [2.05, 4.69) is 10.6 Å². The molecule has 4 nitrogen and oxygen atoms in total. The van der Waals surface area contributed by atoms with Crippen LogP contribution < -0.4 is 10.6 Å². The topological polar surface area (TPSA) is 50.4 Å². The van der Waals surface area contributed by atoms with Crippen molar-refractivity contribution in [3.63, 3.8) is 0 Å². The molecule has 2 aliphatic rings. The van der Waals surface area contributed by atoms with Gasteiger partial charge in [0.1, 0.15) is 12.4 Å². The molecule has 2 atom stereocenters. The molecule has 0 aliphatic carbocycles. The average molecular weight is 198 g/mol. The van der Waals surface area contributed by atoms with Gasteiger partial charge < -0.3 is 20.2 Å². The minimum absolute atomic E-state index is 0.230. The normalized spacial score (nSPS) is 35.4. The van der Waals surface area contributed by atoms with Gasteiger partial charge in [0.25, 0.3) is 0 Å². The van der Waals surface area contributed by atoms with Gasteiger partial charge in [-0.05, 0) is 31.8 Å². The first kappa shape index (κ1) is 10.1. The van der Waals surface area contributed by atoms with Crippen molar-refractivity contribution < 1.29 is 9.53 Å². The Morgan fingerprint density at radius 3 is 2.71 bits per heavy atom. The zero-order valence-corrected chi connectivity index (χ0v) is 8.37. The maximum atomic E-state index is 10.8. The van der Waals surface area contributed by atoms with Gasteiger partial charge in [0, 0.05) is 12.6 Å². The molecule has 0 aromatic carbocycles. The van der Waals surface area contributed by atoms with E-state index in [1.54, 1.807) is 0 Å². The summed E-state index contributed by atoms with van der Waals surface area (Å²) < 4.78 is 5.44. The molecular formula is C10H18N2O2. The van der Waals surface area contributed by atoms with Crippen LogP contribution >= 0.6 is 0 Å². The molecule has 2 heterocycles. The molecule has 0 radical (unpaired) electrons. The Balaban J connectivity index is 1.94. The van der Waals surface area contributed by atoms with Gasteiger partial charge >= 0.3 is 0 Å². The van der Waals surface area contributed by atoms with E-state index in [0.717, 1.165) is 38.8 Å². The number of carbonyl (C=O) groups is 1. The molecule has 0 bridgehead atoms. The summed E-state index contributed by atoms with van der Waals surface area (Å²) in [5, 5.41) is 6.74. The van der Waals surface area contributed by atoms with E-state index in [4.69, 9.17) is 4.74 Å². The summed E-state index contributed by atoms with van der Waals surface area (Å²) >= 11 is 0. The smallest absolute Gasteiger partial charge is 0.150 e. The van der Waals surface area contributed by atoms with Crippen molar-refractivity contribution in [2.45, 2.75) is 25.0 Å². The van der Waals surface area contributed by atoms with Crippen LogP contribution in [0.25, 0.3) is 0 Å². The SMILES string of the molecule is O=CC1OCCNC1C1CCNCC1. The van der Waals surface area contributed by atoms with Gasteiger partial charge in [-0.25, -0.2) is 0 Å². The first-order valence-electron chi connectivity index (χ1n) is 5.43. The third-order valence-corrected chi connectivity index (χ3v) is 3.17. The van der Waals surface area contributed by atoms with Gasteiger partial charge in [-0.1, -0.05) is 0 Å². The maximum Gasteiger partial charge on any atom is 0.150 e. The van der Waals surface area contributed by atoms with Crippen LogP contribution in [-0.2, 0) is 9.53 Å². The molecule has 0 aromatic rings. The van der Waals surface area contributed by atoms with Crippen molar-refractivity contribution >= 4 is 6.29 Å². The lowest BCUT2D eigenvalue weighted by molar-refractivity contribution is -0.124. The summed E-state index contributed by atoms with van der Waals surface area (Å²) in [6.07, 6.45) is 3.00. The van der Waals surface area contributed by atoms with Gasteiger partial charge in [0.05, 0.1) is 6.61 Å². The summed E-state index contributed by atoms with van der Waals surface area (Å²) in [6.45, 7) is 3.66. The predicted molar refractivity (Wildman–Crippen MR) is 53.2 cm³/mol. The van der Waals surface area contributed by atoms with E-state index >= 15 is 0 Å². The molecule has 0 amide bonds. The fraction of sp³-hybridized carbons (Fsp3) is 0.900. The van der Waals surface area contributed by atoms with E-state index in [0.29, 0.717) is 12.5 Å². The quantitative estimate of drug-likeness (QED) is 0.590. The Morgan fingerprint density at radius 2 is 2.00 bits per heavy atom. The van der Waals surface area contributed by atoms with E-state index in [1.807, 2.05) is 0 Å². The first-order chi connectivity index (χ1) is 6.92. The van der Waals surface area contributed by atoms with Crippen LogP contribution in [0.3, 0.4) is 0 Å². The van der Waals surface area contributed by atoms with Crippen molar-refractivity contribution in [3.05, 3.63) is 0 Å². The fourth-order valence-electron chi connectivity index (χ4n) is 2.40. The van der Waals surface area contributed by atoms with E-state index in [-0.39, 0.29) is 12.1 Å². The van der Waals surface area contributed by atoms with Gasteiger partial charge in [0.15, 0.2) is 0 Å². The molecule has 2 saturated heterocycles. The number of hydrogen-bond acceptors (Lipinski definition) is 4.